The van der Waals surface area contributed by atoms with Crippen molar-refractivity contribution in [2.24, 2.45) is 5.92 Å². The maximum atomic E-state index is 12.9. The Morgan fingerprint density at radius 1 is 0.862 bits per heavy atom. The van der Waals surface area contributed by atoms with Crippen molar-refractivity contribution in [2.75, 3.05) is 23.7 Å². The largest absolute Gasteiger partial charge is 0.325 e. The second-order valence-corrected chi connectivity index (χ2v) is 8.02. The Kier molecular flexibility index (Phi) is 5.91. The zero-order valence-electron chi connectivity index (χ0n) is 16.0. The summed E-state index contributed by atoms with van der Waals surface area (Å²) in [6.07, 6.45) is 1.33. The molecule has 2 N–H and O–H groups in total. The van der Waals surface area contributed by atoms with Gasteiger partial charge >= 0.3 is 6.03 Å². The van der Waals surface area contributed by atoms with Gasteiger partial charge in [-0.25, -0.2) is 4.79 Å². The first-order chi connectivity index (χ1) is 14.2. The number of urea groups is 1. The minimum atomic E-state index is -0.0965. The molecular weight excluding hydrogens is 382 g/mol. The summed E-state index contributed by atoms with van der Waals surface area (Å²) in [4.78, 5) is 27.0. The molecule has 1 aliphatic rings. The van der Waals surface area contributed by atoms with Crippen LogP contribution in [-0.2, 0) is 4.79 Å². The number of para-hydroxylation sites is 1. The smallest absolute Gasteiger partial charge is 0.322 e. The molecule has 3 amide bonds. The maximum Gasteiger partial charge on any atom is 0.322 e. The van der Waals surface area contributed by atoms with E-state index >= 15 is 0 Å². The molecule has 148 valence electrons. The van der Waals surface area contributed by atoms with E-state index in [-0.39, 0.29) is 17.9 Å². The highest BCUT2D eigenvalue weighted by Crippen LogP contribution is 2.29. The minimum Gasteiger partial charge on any atom is -0.325 e. The van der Waals surface area contributed by atoms with Crippen molar-refractivity contribution in [3.05, 3.63) is 72.1 Å². The number of nitrogens with one attached hydrogen (secondary N) is 2. The quantitative estimate of drug-likeness (QED) is 0.619. The SMILES string of the molecule is O=C(Nc1ccccc1-c1ccccc1)C1CCN(C(=O)Nc2cccs2)CC1. The lowest BCUT2D eigenvalue weighted by molar-refractivity contribution is -0.121. The van der Waals surface area contributed by atoms with Crippen molar-refractivity contribution in [1.29, 1.82) is 0 Å². The van der Waals surface area contributed by atoms with Crippen molar-refractivity contribution in [2.45, 2.75) is 12.8 Å². The fraction of sp³-hybridized carbons (Fsp3) is 0.217. The van der Waals surface area contributed by atoms with Gasteiger partial charge in [0.2, 0.25) is 5.91 Å². The summed E-state index contributed by atoms with van der Waals surface area (Å²) in [6.45, 7) is 1.16. The first-order valence-corrected chi connectivity index (χ1v) is 10.6. The summed E-state index contributed by atoms with van der Waals surface area (Å²) < 4.78 is 0. The van der Waals surface area contributed by atoms with Crippen molar-refractivity contribution >= 4 is 34.0 Å². The van der Waals surface area contributed by atoms with Gasteiger partial charge in [-0.3, -0.25) is 10.1 Å². The molecule has 6 heteroatoms. The average molecular weight is 406 g/mol. The number of anilines is 2. The normalized spacial score (nSPS) is 14.4. The van der Waals surface area contributed by atoms with Gasteiger partial charge in [0.1, 0.15) is 0 Å². The van der Waals surface area contributed by atoms with Crippen LogP contribution < -0.4 is 10.6 Å². The van der Waals surface area contributed by atoms with Gasteiger partial charge in [0.15, 0.2) is 0 Å². The van der Waals surface area contributed by atoms with Gasteiger partial charge in [0.05, 0.1) is 5.00 Å². The van der Waals surface area contributed by atoms with E-state index in [9.17, 15) is 9.59 Å². The van der Waals surface area contributed by atoms with E-state index in [4.69, 9.17) is 0 Å². The molecule has 29 heavy (non-hydrogen) atoms. The number of benzene rings is 2. The summed E-state index contributed by atoms with van der Waals surface area (Å²) >= 11 is 1.50. The van der Waals surface area contributed by atoms with Crippen LogP contribution in [-0.4, -0.2) is 29.9 Å². The standard InChI is InChI=1S/C23H23N3O2S/c27-22(24-20-10-5-4-9-19(20)17-7-2-1-3-8-17)18-12-14-26(15-13-18)23(28)25-21-11-6-16-29-21/h1-11,16,18H,12-15H2,(H,24,27)(H,25,28). The fourth-order valence-electron chi connectivity index (χ4n) is 3.58. The maximum absolute atomic E-state index is 12.9. The molecule has 1 saturated heterocycles. The summed E-state index contributed by atoms with van der Waals surface area (Å²) in [7, 11) is 0. The highest BCUT2D eigenvalue weighted by molar-refractivity contribution is 7.14. The number of amides is 3. The van der Waals surface area contributed by atoms with E-state index in [1.54, 1.807) is 4.90 Å². The summed E-state index contributed by atoms with van der Waals surface area (Å²) in [6, 6.07) is 21.6. The van der Waals surface area contributed by atoms with Gasteiger partial charge in [-0.05, 0) is 42.0 Å². The number of carbonyl (C=O) groups excluding carboxylic acids is 2. The topological polar surface area (TPSA) is 61.4 Å². The molecule has 0 aliphatic carbocycles. The van der Waals surface area contributed by atoms with E-state index in [0.717, 1.165) is 21.8 Å². The predicted molar refractivity (Wildman–Crippen MR) is 118 cm³/mol. The highest BCUT2D eigenvalue weighted by Gasteiger charge is 2.28. The van der Waals surface area contributed by atoms with Crippen LogP contribution in [0.3, 0.4) is 0 Å². The molecule has 1 aliphatic heterocycles. The van der Waals surface area contributed by atoms with Gasteiger partial charge < -0.3 is 10.2 Å². The molecule has 1 fully saturated rings. The van der Waals surface area contributed by atoms with Gasteiger partial charge in [-0.1, -0.05) is 48.5 Å². The highest BCUT2D eigenvalue weighted by atomic mass is 32.1. The lowest BCUT2D eigenvalue weighted by Gasteiger charge is -2.31. The second-order valence-electron chi connectivity index (χ2n) is 7.07. The number of piperidine rings is 1. The summed E-state index contributed by atoms with van der Waals surface area (Å²) in [5, 5.41) is 8.78. The molecule has 0 saturated carbocycles. The van der Waals surface area contributed by atoms with Gasteiger partial charge in [-0.2, -0.15) is 0 Å². The van der Waals surface area contributed by atoms with E-state index in [2.05, 4.69) is 10.6 Å². The van der Waals surface area contributed by atoms with Crippen LogP contribution in [0.4, 0.5) is 15.5 Å². The van der Waals surface area contributed by atoms with Crippen LogP contribution in [0.5, 0.6) is 0 Å². The number of rotatable bonds is 4. The Morgan fingerprint density at radius 3 is 2.31 bits per heavy atom. The molecule has 5 nitrogen and oxygen atoms in total. The van der Waals surface area contributed by atoms with Crippen LogP contribution in [0.2, 0.25) is 0 Å². The third kappa shape index (κ3) is 4.66. The monoisotopic (exact) mass is 405 g/mol. The van der Waals surface area contributed by atoms with Crippen LogP contribution in [0.15, 0.2) is 72.1 Å². The van der Waals surface area contributed by atoms with Crippen molar-refractivity contribution in [3.8, 4) is 11.1 Å². The summed E-state index contributed by atoms with van der Waals surface area (Å²) in [5.41, 5.74) is 2.90. The van der Waals surface area contributed by atoms with E-state index in [1.807, 2.05) is 72.1 Å². The number of nitrogens with zero attached hydrogens (tertiary/aromatic N) is 1. The van der Waals surface area contributed by atoms with Crippen LogP contribution >= 0.6 is 11.3 Å². The Morgan fingerprint density at radius 2 is 1.59 bits per heavy atom. The molecule has 0 unspecified atom stereocenters. The van der Waals surface area contributed by atoms with E-state index in [1.165, 1.54) is 11.3 Å². The van der Waals surface area contributed by atoms with Crippen molar-refractivity contribution in [1.82, 2.24) is 4.90 Å². The number of hydrogen-bond donors (Lipinski definition) is 2. The van der Waals surface area contributed by atoms with E-state index < -0.39 is 0 Å². The van der Waals surface area contributed by atoms with Crippen molar-refractivity contribution in [3.63, 3.8) is 0 Å². The molecule has 0 spiro atoms. The Balaban J connectivity index is 1.36. The lowest BCUT2D eigenvalue weighted by atomic mass is 9.95. The fourth-order valence-corrected chi connectivity index (χ4v) is 4.18. The number of carbonyl (C=O) groups is 2. The molecule has 1 aromatic heterocycles. The van der Waals surface area contributed by atoms with Gasteiger partial charge in [-0.15, -0.1) is 11.3 Å². The average Bonchev–Trinajstić information content (AvgIpc) is 3.28. The molecule has 2 heterocycles. The molecular formula is C23H23N3O2S. The Labute approximate surface area is 174 Å². The number of hydrogen-bond acceptors (Lipinski definition) is 3. The number of thiophene rings is 1. The third-order valence-corrected chi connectivity index (χ3v) is 5.96. The minimum absolute atomic E-state index is 0.0201. The third-order valence-electron chi connectivity index (χ3n) is 5.17. The van der Waals surface area contributed by atoms with Crippen molar-refractivity contribution < 1.29 is 9.59 Å². The van der Waals surface area contributed by atoms with Crippen LogP contribution in [0.25, 0.3) is 11.1 Å². The lowest BCUT2D eigenvalue weighted by Crippen LogP contribution is -2.43. The Bertz CT molecular complexity index is 965. The molecule has 0 atom stereocenters. The van der Waals surface area contributed by atoms with Gasteiger partial charge in [0.25, 0.3) is 0 Å². The number of likely N-dealkylation sites (tertiary alicyclic amines) is 1. The molecule has 3 aromatic rings. The first-order valence-electron chi connectivity index (χ1n) is 9.75. The first kappa shape index (κ1) is 19.2. The Hall–Kier alpha value is -3.12. The van der Waals surface area contributed by atoms with Gasteiger partial charge in [0, 0.05) is 30.3 Å². The molecule has 4 rings (SSSR count). The van der Waals surface area contributed by atoms with Crippen LogP contribution in [0, 0.1) is 5.92 Å². The second kappa shape index (κ2) is 8.92. The predicted octanol–water partition coefficient (Wildman–Crippen LogP) is 5.30. The molecule has 0 bridgehead atoms. The zero-order chi connectivity index (χ0) is 20.1. The van der Waals surface area contributed by atoms with Crippen LogP contribution in [0.1, 0.15) is 12.8 Å². The summed E-state index contributed by atoms with van der Waals surface area (Å²) in [5.74, 6) is -0.0729. The zero-order valence-corrected chi connectivity index (χ0v) is 16.8. The van der Waals surface area contributed by atoms with E-state index in [0.29, 0.717) is 25.9 Å². The molecule has 0 radical (unpaired) electrons. The molecule has 2 aromatic carbocycles.